The fraction of sp³-hybridized carbons (Fsp3) is 0.316. The van der Waals surface area contributed by atoms with Crippen molar-refractivity contribution in [2.45, 2.75) is 0 Å². The van der Waals surface area contributed by atoms with E-state index in [4.69, 9.17) is 4.74 Å². The summed E-state index contributed by atoms with van der Waals surface area (Å²) in [7, 11) is 1.19. The summed E-state index contributed by atoms with van der Waals surface area (Å²) in [4.78, 5) is 42.6. The van der Waals surface area contributed by atoms with Crippen LogP contribution in [0.4, 0.5) is 11.5 Å². The fourth-order valence-electron chi connectivity index (χ4n) is 2.98. The second-order valence-corrected chi connectivity index (χ2v) is 6.28. The maximum atomic E-state index is 12.4. The van der Waals surface area contributed by atoms with E-state index in [1.165, 1.54) is 19.2 Å². The first-order valence-electron chi connectivity index (χ1n) is 8.93. The summed E-state index contributed by atoms with van der Waals surface area (Å²) >= 11 is 0. The highest BCUT2D eigenvalue weighted by Gasteiger charge is 2.24. The molecule has 0 spiro atoms. The number of piperazine rings is 1. The molecule has 1 amide bonds. The molecular weight excluding hydrogens is 380 g/mol. The SMILES string of the molecule is COC(=O)c1ccc(OCC(=O)N2CCN(c3ccccn3)CC2)c([N+](=O)[O-])c1. The molecule has 10 nitrogen and oxygen atoms in total. The minimum absolute atomic E-state index is 0.0310. The number of hydrogen-bond donors (Lipinski definition) is 0. The molecule has 1 aromatic heterocycles. The summed E-state index contributed by atoms with van der Waals surface area (Å²) in [6, 6.07) is 9.37. The van der Waals surface area contributed by atoms with E-state index in [0.29, 0.717) is 26.2 Å². The average Bonchev–Trinajstić information content (AvgIpc) is 2.77. The number of nitro benzene ring substituents is 1. The Labute approximate surface area is 166 Å². The van der Waals surface area contributed by atoms with Gasteiger partial charge in [0.15, 0.2) is 12.4 Å². The molecule has 152 valence electrons. The van der Waals surface area contributed by atoms with Crippen LogP contribution in [-0.2, 0) is 9.53 Å². The zero-order valence-corrected chi connectivity index (χ0v) is 15.8. The Morgan fingerprint density at radius 2 is 1.93 bits per heavy atom. The van der Waals surface area contributed by atoms with Crippen molar-refractivity contribution in [1.82, 2.24) is 9.88 Å². The quantitative estimate of drug-likeness (QED) is 0.407. The highest BCUT2D eigenvalue weighted by molar-refractivity contribution is 5.90. The Balaban J connectivity index is 1.58. The van der Waals surface area contributed by atoms with Gasteiger partial charge in [0.05, 0.1) is 17.6 Å². The van der Waals surface area contributed by atoms with Crippen LogP contribution in [0, 0.1) is 10.1 Å². The number of hydrogen-bond acceptors (Lipinski definition) is 8. The molecule has 0 unspecified atom stereocenters. The molecule has 0 atom stereocenters. The van der Waals surface area contributed by atoms with Crippen LogP contribution in [0.5, 0.6) is 5.75 Å². The monoisotopic (exact) mass is 400 g/mol. The van der Waals surface area contributed by atoms with Gasteiger partial charge in [-0.3, -0.25) is 14.9 Å². The second kappa shape index (κ2) is 9.00. The number of anilines is 1. The molecule has 1 aliphatic heterocycles. The van der Waals surface area contributed by atoms with Crippen LogP contribution in [0.25, 0.3) is 0 Å². The van der Waals surface area contributed by atoms with E-state index in [0.717, 1.165) is 11.9 Å². The molecule has 29 heavy (non-hydrogen) atoms. The zero-order valence-electron chi connectivity index (χ0n) is 15.8. The van der Waals surface area contributed by atoms with Gasteiger partial charge in [0.2, 0.25) is 0 Å². The van der Waals surface area contributed by atoms with E-state index >= 15 is 0 Å². The van der Waals surface area contributed by atoms with Crippen LogP contribution in [0.1, 0.15) is 10.4 Å². The van der Waals surface area contributed by atoms with Crippen molar-refractivity contribution < 1.29 is 24.0 Å². The van der Waals surface area contributed by atoms with Gasteiger partial charge in [0.1, 0.15) is 5.82 Å². The summed E-state index contributed by atoms with van der Waals surface area (Å²) in [5, 5.41) is 11.3. The van der Waals surface area contributed by atoms with E-state index in [9.17, 15) is 19.7 Å². The fourth-order valence-corrected chi connectivity index (χ4v) is 2.98. The molecule has 0 saturated carbocycles. The van der Waals surface area contributed by atoms with Crippen molar-refractivity contribution in [2.24, 2.45) is 0 Å². The number of carbonyl (C=O) groups excluding carboxylic acids is 2. The highest BCUT2D eigenvalue weighted by Crippen LogP contribution is 2.28. The summed E-state index contributed by atoms with van der Waals surface area (Å²) in [5.74, 6) is -0.182. The molecule has 0 N–H and O–H groups in total. The van der Waals surface area contributed by atoms with Crippen molar-refractivity contribution in [2.75, 3.05) is 44.8 Å². The number of pyridine rings is 1. The van der Waals surface area contributed by atoms with Crippen molar-refractivity contribution in [3.63, 3.8) is 0 Å². The first kappa shape index (κ1) is 20.1. The molecule has 1 saturated heterocycles. The molecular formula is C19H20N4O6. The maximum absolute atomic E-state index is 12.4. The van der Waals surface area contributed by atoms with Gasteiger partial charge < -0.3 is 19.3 Å². The minimum atomic E-state index is -0.693. The molecule has 2 heterocycles. The van der Waals surface area contributed by atoms with E-state index in [2.05, 4.69) is 14.6 Å². The molecule has 1 aromatic carbocycles. The summed E-state index contributed by atoms with van der Waals surface area (Å²) < 4.78 is 9.94. The van der Waals surface area contributed by atoms with Gasteiger partial charge >= 0.3 is 11.7 Å². The normalized spacial score (nSPS) is 13.7. The van der Waals surface area contributed by atoms with Crippen LogP contribution in [0.2, 0.25) is 0 Å². The minimum Gasteiger partial charge on any atom is -0.477 e. The molecule has 0 aliphatic carbocycles. The lowest BCUT2D eigenvalue weighted by Gasteiger charge is -2.35. The number of ether oxygens (including phenoxy) is 2. The molecule has 3 rings (SSSR count). The number of nitro groups is 1. The van der Waals surface area contributed by atoms with Crippen molar-refractivity contribution >= 4 is 23.4 Å². The first-order valence-corrected chi connectivity index (χ1v) is 8.93. The maximum Gasteiger partial charge on any atom is 0.338 e. The number of benzene rings is 1. The number of carbonyl (C=O) groups is 2. The van der Waals surface area contributed by atoms with Crippen LogP contribution in [0.15, 0.2) is 42.6 Å². The first-order chi connectivity index (χ1) is 14.0. The van der Waals surface area contributed by atoms with Gasteiger partial charge in [-0.1, -0.05) is 6.07 Å². The molecule has 0 radical (unpaired) electrons. The van der Waals surface area contributed by atoms with Gasteiger partial charge in [0.25, 0.3) is 5.91 Å². The molecule has 0 bridgehead atoms. The van der Waals surface area contributed by atoms with Crippen LogP contribution in [0.3, 0.4) is 0 Å². The Hall–Kier alpha value is -3.69. The highest BCUT2D eigenvalue weighted by atomic mass is 16.6. The van der Waals surface area contributed by atoms with Gasteiger partial charge in [-0.2, -0.15) is 0 Å². The van der Waals surface area contributed by atoms with Crippen LogP contribution < -0.4 is 9.64 Å². The van der Waals surface area contributed by atoms with Gasteiger partial charge in [0, 0.05) is 38.4 Å². The number of esters is 1. The van der Waals surface area contributed by atoms with E-state index < -0.39 is 16.6 Å². The third kappa shape index (κ3) is 4.78. The number of methoxy groups -OCH3 is 1. The standard InChI is InChI=1S/C19H20N4O6/c1-28-19(25)14-5-6-16(15(12-14)23(26)27)29-13-18(24)22-10-8-21(9-11-22)17-4-2-3-7-20-17/h2-7,12H,8-11,13H2,1H3. The average molecular weight is 400 g/mol. The molecule has 1 aliphatic rings. The Morgan fingerprint density at radius 3 is 2.55 bits per heavy atom. The van der Waals surface area contributed by atoms with Gasteiger partial charge in [-0.15, -0.1) is 0 Å². The number of aromatic nitrogens is 1. The van der Waals surface area contributed by atoms with Crippen LogP contribution >= 0.6 is 0 Å². The summed E-state index contributed by atoms with van der Waals surface area (Å²) in [5.41, 5.74) is -0.371. The molecule has 10 heteroatoms. The Kier molecular flexibility index (Phi) is 6.22. The predicted octanol–water partition coefficient (Wildman–Crippen LogP) is 1.50. The third-order valence-corrected chi connectivity index (χ3v) is 4.53. The lowest BCUT2D eigenvalue weighted by atomic mass is 10.2. The van der Waals surface area contributed by atoms with Crippen molar-refractivity contribution in [1.29, 1.82) is 0 Å². The lowest BCUT2D eigenvalue weighted by Crippen LogP contribution is -2.50. The number of amides is 1. The molecule has 2 aromatic rings. The van der Waals surface area contributed by atoms with E-state index in [1.807, 2.05) is 18.2 Å². The van der Waals surface area contributed by atoms with Crippen molar-refractivity contribution in [3.05, 3.63) is 58.3 Å². The summed E-state index contributed by atoms with van der Waals surface area (Å²) in [6.07, 6.45) is 1.72. The second-order valence-electron chi connectivity index (χ2n) is 6.28. The van der Waals surface area contributed by atoms with E-state index in [-0.39, 0.29) is 23.8 Å². The largest absolute Gasteiger partial charge is 0.477 e. The zero-order chi connectivity index (χ0) is 20.8. The van der Waals surface area contributed by atoms with Crippen molar-refractivity contribution in [3.8, 4) is 5.75 Å². The Bertz CT molecular complexity index is 897. The summed E-state index contributed by atoms with van der Waals surface area (Å²) in [6.45, 7) is 1.94. The lowest BCUT2D eigenvalue weighted by molar-refractivity contribution is -0.385. The van der Waals surface area contributed by atoms with Gasteiger partial charge in [-0.25, -0.2) is 9.78 Å². The third-order valence-electron chi connectivity index (χ3n) is 4.53. The topological polar surface area (TPSA) is 115 Å². The number of rotatable bonds is 6. The number of nitrogens with zero attached hydrogens (tertiary/aromatic N) is 4. The smallest absolute Gasteiger partial charge is 0.338 e. The molecule has 1 fully saturated rings. The van der Waals surface area contributed by atoms with Gasteiger partial charge in [-0.05, 0) is 24.3 Å². The van der Waals surface area contributed by atoms with Crippen LogP contribution in [-0.4, -0.2) is 66.6 Å². The predicted molar refractivity (Wildman–Crippen MR) is 103 cm³/mol. The Morgan fingerprint density at radius 1 is 1.17 bits per heavy atom. The van der Waals surface area contributed by atoms with E-state index in [1.54, 1.807) is 11.1 Å².